The summed E-state index contributed by atoms with van der Waals surface area (Å²) in [5, 5.41) is 3.03. The first-order valence-electron chi connectivity index (χ1n) is 5.35. The lowest BCUT2D eigenvalue weighted by Crippen LogP contribution is -2.20. The number of hydrogen-bond donors (Lipinski definition) is 1. The zero-order valence-corrected chi connectivity index (χ0v) is 10.7. The van der Waals surface area contributed by atoms with E-state index in [0.29, 0.717) is 12.5 Å². The highest BCUT2D eigenvalue weighted by atomic mass is 16.5. The van der Waals surface area contributed by atoms with Crippen molar-refractivity contribution >= 4 is 5.82 Å². The minimum Gasteiger partial charge on any atom is -0.476 e. The summed E-state index contributed by atoms with van der Waals surface area (Å²) in [6.07, 6.45) is 0. The molecule has 5 nitrogen and oxygen atoms in total. The van der Waals surface area contributed by atoms with E-state index in [4.69, 9.17) is 4.74 Å². The summed E-state index contributed by atoms with van der Waals surface area (Å²) in [4.78, 5) is 10.6. The standard InChI is InChI=1S/C11H20N4O/c1-8-10(12-3)13-9(2)14-11(8)16-7-6-15(4)5/h6-7H2,1-5H3,(H,12,13,14). The molecule has 0 saturated heterocycles. The van der Waals surface area contributed by atoms with Crippen molar-refractivity contribution in [2.45, 2.75) is 13.8 Å². The molecule has 0 aliphatic rings. The van der Waals surface area contributed by atoms with E-state index in [1.165, 1.54) is 0 Å². The Hall–Kier alpha value is -1.36. The summed E-state index contributed by atoms with van der Waals surface area (Å²) in [5.74, 6) is 2.21. The average Bonchev–Trinajstić information content (AvgIpc) is 2.22. The summed E-state index contributed by atoms with van der Waals surface area (Å²) in [6.45, 7) is 5.32. The molecule has 0 atom stereocenters. The highest BCUT2D eigenvalue weighted by Crippen LogP contribution is 2.21. The van der Waals surface area contributed by atoms with Gasteiger partial charge in [0.2, 0.25) is 5.88 Å². The van der Waals surface area contributed by atoms with Crippen LogP contribution in [0.4, 0.5) is 5.82 Å². The zero-order valence-electron chi connectivity index (χ0n) is 10.7. The molecule has 16 heavy (non-hydrogen) atoms. The first-order chi connectivity index (χ1) is 7.54. The lowest BCUT2D eigenvalue weighted by Gasteiger charge is -2.13. The van der Waals surface area contributed by atoms with Crippen molar-refractivity contribution in [3.8, 4) is 5.88 Å². The van der Waals surface area contributed by atoms with Crippen molar-refractivity contribution in [3.05, 3.63) is 11.4 Å². The van der Waals surface area contributed by atoms with Crippen LogP contribution >= 0.6 is 0 Å². The van der Waals surface area contributed by atoms with Gasteiger partial charge in [-0.15, -0.1) is 0 Å². The van der Waals surface area contributed by atoms with Gasteiger partial charge in [-0.3, -0.25) is 0 Å². The quantitative estimate of drug-likeness (QED) is 0.811. The number of anilines is 1. The molecular formula is C11H20N4O. The lowest BCUT2D eigenvalue weighted by atomic mass is 10.3. The van der Waals surface area contributed by atoms with Gasteiger partial charge in [0, 0.05) is 13.6 Å². The van der Waals surface area contributed by atoms with Crippen LogP contribution < -0.4 is 10.1 Å². The third kappa shape index (κ3) is 3.34. The average molecular weight is 224 g/mol. The Morgan fingerprint density at radius 1 is 1.25 bits per heavy atom. The smallest absolute Gasteiger partial charge is 0.221 e. The number of nitrogens with zero attached hydrogens (tertiary/aromatic N) is 3. The maximum absolute atomic E-state index is 5.64. The normalized spacial score (nSPS) is 10.6. The van der Waals surface area contributed by atoms with Crippen LogP contribution in [-0.4, -0.2) is 49.2 Å². The lowest BCUT2D eigenvalue weighted by molar-refractivity contribution is 0.252. The Morgan fingerprint density at radius 3 is 2.50 bits per heavy atom. The molecule has 0 aliphatic heterocycles. The number of aryl methyl sites for hydroxylation is 1. The van der Waals surface area contributed by atoms with Crippen LogP contribution in [0.2, 0.25) is 0 Å². The number of hydrogen-bond acceptors (Lipinski definition) is 5. The minimum atomic E-state index is 0.632. The molecule has 0 aromatic carbocycles. The summed E-state index contributed by atoms with van der Waals surface area (Å²) >= 11 is 0. The van der Waals surface area contributed by atoms with E-state index in [1.54, 1.807) is 0 Å². The summed E-state index contributed by atoms with van der Waals surface area (Å²) in [7, 11) is 5.87. The highest BCUT2D eigenvalue weighted by Gasteiger charge is 2.08. The maximum atomic E-state index is 5.64. The fraction of sp³-hybridized carbons (Fsp3) is 0.636. The van der Waals surface area contributed by atoms with E-state index in [9.17, 15) is 0 Å². The second-order valence-corrected chi connectivity index (χ2v) is 3.95. The van der Waals surface area contributed by atoms with E-state index < -0.39 is 0 Å². The zero-order chi connectivity index (χ0) is 12.1. The Labute approximate surface area is 96.8 Å². The predicted octanol–water partition coefficient (Wildman–Crippen LogP) is 1.08. The van der Waals surface area contributed by atoms with Crippen LogP contribution in [0.15, 0.2) is 0 Å². The van der Waals surface area contributed by atoms with Crippen molar-refractivity contribution < 1.29 is 4.74 Å². The van der Waals surface area contributed by atoms with Gasteiger partial charge >= 0.3 is 0 Å². The number of rotatable bonds is 5. The van der Waals surface area contributed by atoms with Crippen molar-refractivity contribution in [3.63, 3.8) is 0 Å². The molecule has 0 aliphatic carbocycles. The Morgan fingerprint density at radius 2 is 1.94 bits per heavy atom. The van der Waals surface area contributed by atoms with Gasteiger partial charge in [-0.2, -0.15) is 4.98 Å². The molecule has 0 fully saturated rings. The second-order valence-electron chi connectivity index (χ2n) is 3.95. The Balaban J connectivity index is 2.75. The fourth-order valence-corrected chi connectivity index (χ4v) is 1.31. The number of likely N-dealkylation sites (N-methyl/N-ethyl adjacent to an activating group) is 1. The summed E-state index contributed by atoms with van der Waals surface area (Å²) < 4.78 is 5.64. The first-order valence-corrected chi connectivity index (χ1v) is 5.35. The third-order valence-electron chi connectivity index (χ3n) is 2.23. The number of ether oxygens (including phenoxy) is 1. The molecular weight excluding hydrogens is 204 g/mol. The van der Waals surface area contributed by atoms with Gasteiger partial charge in [-0.25, -0.2) is 4.98 Å². The molecule has 0 unspecified atom stereocenters. The van der Waals surface area contributed by atoms with Gasteiger partial charge in [-0.05, 0) is 27.9 Å². The fourth-order valence-electron chi connectivity index (χ4n) is 1.31. The van der Waals surface area contributed by atoms with Gasteiger partial charge in [0.05, 0.1) is 5.56 Å². The molecule has 0 amide bonds. The van der Waals surface area contributed by atoms with Crippen molar-refractivity contribution in [1.82, 2.24) is 14.9 Å². The summed E-state index contributed by atoms with van der Waals surface area (Å²) in [5.41, 5.74) is 0.951. The van der Waals surface area contributed by atoms with Gasteiger partial charge in [0.15, 0.2) is 0 Å². The molecule has 1 rings (SSSR count). The highest BCUT2D eigenvalue weighted by molar-refractivity contribution is 5.47. The number of aromatic nitrogens is 2. The molecule has 1 N–H and O–H groups in total. The van der Waals surface area contributed by atoms with Crippen LogP contribution in [0.1, 0.15) is 11.4 Å². The molecule has 1 aromatic rings. The molecule has 1 heterocycles. The molecule has 0 bridgehead atoms. The topological polar surface area (TPSA) is 50.3 Å². The van der Waals surface area contributed by atoms with Gasteiger partial charge in [0.1, 0.15) is 18.2 Å². The van der Waals surface area contributed by atoms with Crippen molar-refractivity contribution in [1.29, 1.82) is 0 Å². The Bertz CT molecular complexity index is 352. The molecule has 1 aromatic heterocycles. The van der Waals surface area contributed by atoms with Crippen LogP contribution in [0, 0.1) is 13.8 Å². The molecule has 5 heteroatoms. The van der Waals surface area contributed by atoms with Gasteiger partial charge in [-0.1, -0.05) is 0 Å². The largest absolute Gasteiger partial charge is 0.476 e. The second kappa shape index (κ2) is 5.65. The predicted molar refractivity (Wildman–Crippen MR) is 65.1 cm³/mol. The molecule has 0 saturated carbocycles. The van der Waals surface area contributed by atoms with E-state index in [-0.39, 0.29) is 0 Å². The van der Waals surface area contributed by atoms with E-state index in [1.807, 2.05) is 35.0 Å². The van der Waals surface area contributed by atoms with Crippen LogP contribution in [0.5, 0.6) is 5.88 Å². The van der Waals surface area contributed by atoms with E-state index in [2.05, 4.69) is 20.2 Å². The molecule has 0 spiro atoms. The molecule has 90 valence electrons. The minimum absolute atomic E-state index is 0.632. The van der Waals surface area contributed by atoms with Crippen molar-refractivity contribution in [2.75, 3.05) is 39.6 Å². The Kier molecular flexibility index (Phi) is 4.49. The van der Waals surface area contributed by atoms with Crippen LogP contribution in [0.25, 0.3) is 0 Å². The SMILES string of the molecule is CNc1nc(C)nc(OCCN(C)C)c1C. The monoisotopic (exact) mass is 224 g/mol. The van der Waals surface area contributed by atoms with Gasteiger partial charge < -0.3 is 15.0 Å². The first kappa shape index (κ1) is 12.7. The number of nitrogens with one attached hydrogen (secondary N) is 1. The maximum Gasteiger partial charge on any atom is 0.221 e. The van der Waals surface area contributed by atoms with E-state index in [0.717, 1.165) is 23.8 Å². The molecule has 0 radical (unpaired) electrons. The van der Waals surface area contributed by atoms with Crippen LogP contribution in [-0.2, 0) is 0 Å². The van der Waals surface area contributed by atoms with E-state index >= 15 is 0 Å². The van der Waals surface area contributed by atoms with Crippen molar-refractivity contribution in [2.24, 2.45) is 0 Å². The van der Waals surface area contributed by atoms with Crippen LogP contribution in [0.3, 0.4) is 0 Å². The van der Waals surface area contributed by atoms with Gasteiger partial charge in [0.25, 0.3) is 0 Å². The summed E-state index contributed by atoms with van der Waals surface area (Å²) in [6, 6.07) is 0. The third-order valence-corrected chi connectivity index (χ3v) is 2.23.